The number of hydrogen-bond donors (Lipinski definition) is 2. The fraction of sp³-hybridized carbons (Fsp3) is 0.292. The topological polar surface area (TPSA) is 114 Å². The zero-order chi connectivity index (χ0) is 26.6. The molecule has 3 heterocycles. The molecule has 0 saturated heterocycles. The highest BCUT2D eigenvalue weighted by Crippen LogP contribution is 2.32. The molecule has 0 aliphatic rings. The Hall–Kier alpha value is -3.45. The van der Waals surface area contributed by atoms with Gasteiger partial charge in [-0.15, -0.1) is 11.3 Å². The summed E-state index contributed by atoms with van der Waals surface area (Å²) in [7, 11) is -2.67. The molecule has 1 aromatic carbocycles. The molecule has 0 aliphatic carbocycles. The second kappa shape index (κ2) is 10.9. The quantitative estimate of drug-likeness (QED) is 0.278. The van der Waals surface area contributed by atoms with Gasteiger partial charge in [0.2, 0.25) is 20.9 Å². The Labute approximate surface area is 214 Å². The maximum Gasteiger partial charge on any atom is 0.433 e. The summed E-state index contributed by atoms with van der Waals surface area (Å²) >= 11 is 1.13. The third-order valence-corrected chi connectivity index (χ3v) is 8.01. The number of carbonyl (C=O) groups excluding carboxylic acids is 1. The maximum atomic E-state index is 13.3. The van der Waals surface area contributed by atoms with Crippen LogP contribution in [0.2, 0.25) is 0 Å². The molecular formula is C24H23F3N4O4S2. The van der Waals surface area contributed by atoms with Crippen molar-refractivity contribution in [3.63, 3.8) is 0 Å². The van der Waals surface area contributed by atoms with Crippen molar-refractivity contribution >= 4 is 38.0 Å². The largest absolute Gasteiger partial charge is 0.497 e. The molecule has 3 aromatic heterocycles. The zero-order valence-corrected chi connectivity index (χ0v) is 21.3. The first-order valence-electron chi connectivity index (χ1n) is 11.2. The van der Waals surface area contributed by atoms with Crippen molar-refractivity contribution in [1.82, 2.24) is 20.3 Å². The Kier molecular flexibility index (Phi) is 7.83. The van der Waals surface area contributed by atoms with Gasteiger partial charge in [-0.1, -0.05) is 6.07 Å². The van der Waals surface area contributed by atoms with E-state index in [1.807, 2.05) is 24.4 Å². The van der Waals surface area contributed by atoms with Gasteiger partial charge in [0.15, 0.2) is 0 Å². The van der Waals surface area contributed by atoms with Crippen LogP contribution in [0.1, 0.15) is 24.1 Å². The molecule has 37 heavy (non-hydrogen) atoms. The number of sulfone groups is 1. The van der Waals surface area contributed by atoms with E-state index in [2.05, 4.69) is 20.3 Å². The van der Waals surface area contributed by atoms with E-state index in [0.29, 0.717) is 23.6 Å². The van der Waals surface area contributed by atoms with Crippen LogP contribution >= 0.6 is 11.3 Å². The SMILES string of the molecule is COc1ccc2[nH]cc(CCNC(=O)CCCS(=O)(=O)c3nc(-c4cccs4)cc(C(F)(F)F)n3)c2c1. The fourth-order valence-electron chi connectivity index (χ4n) is 3.69. The van der Waals surface area contributed by atoms with Crippen LogP contribution in [0.3, 0.4) is 0 Å². The molecule has 13 heteroatoms. The van der Waals surface area contributed by atoms with Gasteiger partial charge in [0.25, 0.3) is 0 Å². The number of carbonyl (C=O) groups is 1. The number of thiophene rings is 1. The number of methoxy groups -OCH3 is 1. The molecule has 0 fully saturated rings. The second-order valence-electron chi connectivity index (χ2n) is 8.14. The van der Waals surface area contributed by atoms with Crippen LogP contribution in [0.4, 0.5) is 13.2 Å². The first-order chi connectivity index (χ1) is 17.6. The number of benzene rings is 1. The lowest BCUT2D eigenvalue weighted by molar-refractivity contribution is -0.141. The van der Waals surface area contributed by atoms with E-state index in [-0.39, 0.29) is 24.4 Å². The van der Waals surface area contributed by atoms with Gasteiger partial charge in [-0.25, -0.2) is 18.4 Å². The predicted octanol–water partition coefficient (Wildman–Crippen LogP) is 4.63. The van der Waals surface area contributed by atoms with E-state index < -0.39 is 32.6 Å². The minimum atomic E-state index is -4.84. The maximum absolute atomic E-state index is 13.3. The van der Waals surface area contributed by atoms with Gasteiger partial charge < -0.3 is 15.0 Å². The second-order valence-corrected chi connectivity index (χ2v) is 11.1. The molecule has 4 rings (SSSR count). The van der Waals surface area contributed by atoms with Gasteiger partial charge >= 0.3 is 6.18 Å². The summed E-state index contributed by atoms with van der Waals surface area (Å²) in [6.07, 6.45) is -2.65. The fourth-order valence-corrected chi connectivity index (χ4v) is 5.56. The molecular weight excluding hydrogens is 529 g/mol. The first-order valence-corrected chi connectivity index (χ1v) is 13.7. The van der Waals surface area contributed by atoms with E-state index in [4.69, 9.17) is 4.74 Å². The Balaban J connectivity index is 1.34. The van der Waals surface area contributed by atoms with Crippen molar-refractivity contribution in [2.75, 3.05) is 19.4 Å². The van der Waals surface area contributed by atoms with E-state index in [9.17, 15) is 26.4 Å². The Morgan fingerprint density at radius 3 is 2.70 bits per heavy atom. The lowest BCUT2D eigenvalue weighted by atomic mass is 10.1. The van der Waals surface area contributed by atoms with E-state index >= 15 is 0 Å². The van der Waals surface area contributed by atoms with Crippen molar-refractivity contribution in [1.29, 1.82) is 0 Å². The summed E-state index contributed by atoms with van der Waals surface area (Å²) in [5.41, 5.74) is 0.465. The number of alkyl halides is 3. The molecule has 0 bridgehead atoms. The molecule has 196 valence electrons. The Morgan fingerprint density at radius 1 is 1.19 bits per heavy atom. The minimum Gasteiger partial charge on any atom is -0.497 e. The number of nitrogens with one attached hydrogen (secondary N) is 2. The number of rotatable bonds is 10. The number of ether oxygens (including phenoxy) is 1. The number of aromatic nitrogens is 3. The number of halogens is 3. The third kappa shape index (κ3) is 6.46. The Morgan fingerprint density at radius 2 is 2.00 bits per heavy atom. The van der Waals surface area contributed by atoms with E-state index in [1.54, 1.807) is 24.6 Å². The number of amides is 1. The van der Waals surface area contributed by atoms with Crippen LogP contribution < -0.4 is 10.1 Å². The van der Waals surface area contributed by atoms with Gasteiger partial charge in [0, 0.05) is 30.1 Å². The van der Waals surface area contributed by atoms with Gasteiger partial charge in [-0.2, -0.15) is 13.2 Å². The lowest BCUT2D eigenvalue weighted by Gasteiger charge is -2.10. The molecule has 2 N–H and O–H groups in total. The average Bonchev–Trinajstić information content (AvgIpc) is 3.53. The molecule has 1 amide bonds. The minimum absolute atomic E-state index is 0.0909. The van der Waals surface area contributed by atoms with Crippen LogP contribution in [0.15, 0.2) is 53.1 Å². The van der Waals surface area contributed by atoms with Gasteiger partial charge in [0.1, 0.15) is 11.4 Å². The van der Waals surface area contributed by atoms with Crippen molar-refractivity contribution in [2.45, 2.75) is 30.6 Å². The average molecular weight is 553 g/mol. The first kappa shape index (κ1) is 26.6. The summed E-state index contributed by atoms with van der Waals surface area (Å²) in [4.78, 5) is 22.9. The van der Waals surface area contributed by atoms with Crippen molar-refractivity contribution in [3.05, 3.63) is 59.2 Å². The van der Waals surface area contributed by atoms with Crippen molar-refractivity contribution in [3.8, 4) is 16.3 Å². The molecule has 0 spiro atoms. The number of fused-ring (bicyclic) bond motifs is 1. The van der Waals surface area contributed by atoms with Crippen molar-refractivity contribution in [2.24, 2.45) is 0 Å². The monoisotopic (exact) mass is 552 g/mol. The van der Waals surface area contributed by atoms with Gasteiger partial charge in [-0.3, -0.25) is 4.79 Å². The van der Waals surface area contributed by atoms with E-state index in [0.717, 1.165) is 33.9 Å². The van der Waals surface area contributed by atoms with Crippen molar-refractivity contribution < 1.29 is 31.1 Å². The number of H-pyrrole nitrogens is 1. The summed E-state index contributed by atoms with van der Waals surface area (Å²) in [6.45, 7) is 0.330. The molecule has 0 atom stereocenters. The summed E-state index contributed by atoms with van der Waals surface area (Å²) in [5, 5.41) is 4.46. The highest BCUT2D eigenvalue weighted by atomic mass is 32.2. The van der Waals surface area contributed by atoms with Crippen LogP contribution in [0.25, 0.3) is 21.5 Å². The number of aromatic amines is 1. The normalized spacial score (nSPS) is 12.1. The van der Waals surface area contributed by atoms with Gasteiger partial charge in [0.05, 0.1) is 23.4 Å². The smallest absolute Gasteiger partial charge is 0.433 e. The van der Waals surface area contributed by atoms with Crippen LogP contribution in [0, 0.1) is 0 Å². The van der Waals surface area contributed by atoms with Crippen LogP contribution in [-0.4, -0.2) is 48.7 Å². The third-order valence-electron chi connectivity index (χ3n) is 5.56. The highest BCUT2D eigenvalue weighted by molar-refractivity contribution is 7.91. The predicted molar refractivity (Wildman–Crippen MR) is 133 cm³/mol. The number of hydrogen-bond acceptors (Lipinski definition) is 7. The summed E-state index contributed by atoms with van der Waals surface area (Å²) in [5.74, 6) is -0.212. The number of nitrogens with zero attached hydrogens (tertiary/aromatic N) is 2. The van der Waals surface area contributed by atoms with E-state index in [1.165, 1.54) is 0 Å². The highest BCUT2D eigenvalue weighted by Gasteiger charge is 2.35. The molecule has 0 aliphatic heterocycles. The molecule has 4 aromatic rings. The molecule has 0 saturated carbocycles. The van der Waals surface area contributed by atoms with Crippen LogP contribution in [0.5, 0.6) is 5.75 Å². The summed E-state index contributed by atoms with van der Waals surface area (Å²) < 4.78 is 70.7. The van der Waals surface area contributed by atoms with Crippen LogP contribution in [-0.2, 0) is 27.2 Å². The molecule has 8 nitrogen and oxygen atoms in total. The standard InChI is InChI=1S/C24H23F3N4O4S2/c1-35-16-6-7-18-17(12-16)15(14-29-18)8-9-28-22(32)5-3-11-37(33,34)23-30-19(20-4-2-10-36-20)13-21(31-23)24(25,26)27/h2,4,6-7,10,12-14,29H,3,5,8-9,11H2,1H3,(H,28,32). The van der Waals surface area contributed by atoms with Gasteiger partial charge in [-0.05, 0) is 54.1 Å². The zero-order valence-electron chi connectivity index (χ0n) is 19.6. The molecule has 0 radical (unpaired) electrons. The Bertz CT molecular complexity index is 1500. The summed E-state index contributed by atoms with van der Waals surface area (Å²) in [6, 6.07) is 9.52. The lowest BCUT2D eigenvalue weighted by Crippen LogP contribution is -2.26. The molecule has 0 unspecified atom stereocenters.